The van der Waals surface area contributed by atoms with Crippen molar-refractivity contribution in [3.63, 3.8) is 0 Å². The van der Waals surface area contributed by atoms with Gasteiger partial charge in [0.05, 0.1) is 6.42 Å². The van der Waals surface area contributed by atoms with E-state index in [2.05, 4.69) is 0 Å². The summed E-state index contributed by atoms with van der Waals surface area (Å²) in [5.41, 5.74) is 0.437. The standard InChI is InChI=1S/C13H16ClNO2/c14-12(16)9-10-5-4-8-15(13(10)17)11-6-2-1-3-7-11/h4-5,8,11H,1-3,6-7,9H2. The van der Waals surface area contributed by atoms with E-state index in [1.165, 1.54) is 19.3 Å². The minimum Gasteiger partial charge on any atom is -0.312 e. The van der Waals surface area contributed by atoms with Crippen molar-refractivity contribution in [3.05, 3.63) is 34.2 Å². The Labute approximate surface area is 105 Å². The molecule has 92 valence electrons. The Kier molecular flexibility index (Phi) is 4.00. The first kappa shape index (κ1) is 12.4. The van der Waals surface area contributed by atoms with Gasteiger partial charge in [0.1, 0.15) is 0 Å². The normalized spacial score (nSPS) is 17.0. The van der Waals surface area contributed by atoms with Crippen LogP contribution in [0.4, 0.5) is 0 Å². The molecule has 0 N–H and O–H groups in total. The van der Waals surface area contributed by atoms with Gasteiger partial charge in [-0.15, -0.1) is 0 Å². The highest BCUT2D eigenvalue weighted by molar-refractivity contribution is 6.63. The minimum atomic E-state index is -0.483. The lowest BCUT2D eigenvalue weighted by Crippen LogP contribution is -2.28. The molecule has 0 unspecified atom stereocenters. The summed E-state index contributed by atoms with van der Waals surface area (Å²) in [6.07, 6.45) is 7.56. The van der Waals surface area contributed by atoms with Crippen LogP contribution in [-0.4, -0.2) is 9.81 Å². The summed E-state index contributed by atoms with van der Waals surface area (Å²) in [4.78, 5) is 23.0. The lowest BCUT2D eigenvalue weighted by molar-refractivity contribution is -0.111. The van der Waals surface area contributed by atoms with Gasteiger partial charge in [0.2, 0.25) is 5.24 Å². The Hall–Kier alpha value is -1.09. The molecule has 0 radical (unpaired) electrons. The molecule has 0 saturated heterocycles. The van der Waals surface area contributed by atoms with Gasteiger partial charge in [-0.1, -0.05) is 25.3 Å². The molecule has 3 nitrogen and oxygen atoms in total. The fourth-order valence-electron chi connectivity index (χ4n) is 2.49. The molecule has 1 saturated carbocycles. The third-order valence-corrected chi connectivity index (χ3v) is 3.48. The molecule has 1 aromatic heterocycles. The monoisotopic (exact) mass is 253 g/mol. The highest BCUT2D eigenvalue weighted by Crippen LogP contribution is 2.26. The SMILES string of the molecule is O=C(Cl)Cc1cccn(C2CCCCC2)c1=O. The summed E-state index contributed by atoms with van der Waals surface area (Å²) in [6.45, 7) is 0. The van der Waals surface area contributed by atoms with Crippen LogP contribution in [0.25, 0.3) is 0 Å². The summed E-state index contributed by atoms with van der Waals surface area (Å²) in [6, 6.07) is 3.80. The second-order valence-electron chi connectivity index (χ2n) is 4.57. The zero-order valence-electron chi connectivity index (χ0n) is 9.69. The van der Waals surface area contributed by atoms with E-state index in [0.717, 1.165) is 12.8 Å². The van der Waals surface area contributed by atoms with Crippen molar-refractivity contribution in [2.75, 3.05) is 0 Å². The largest absolute Gasteiger partial charge is 0.312 e. The maximum atomic E-state index is 12.2. The number of halogens is 1. The molecule has 4 heteroatoms. The van der Waals surface area contributed by atoms with Crippen molar-refractivity contribution in [3.8, 4) is 0 Å². The highest BCUT2D eigenvalue weighted by Gasteiger charge is 2.17. The van der Waals surface area contributed by atoms with E-state index in [1.54, 1.807) is 10.6 Å². The fraction of sp³-hybridized carbons (Fsp3) is 0.538. The number of pyridine rings is 1. The molecular formula is C13H16ClNO2. The molecule has 1 heterocycles. The van der Waals surface area contributed by atoms with Crippen LogP contribution < -0.4 is 5.56 Å². The van der Waals surface area contributed by atoms with Gasteiger partial charge >= 0.3 is 0 Å². The Morgan fingerprint density at radius 3 is 2.71 bits per heavy atom. The molecule has 0 spiro atoms. The van der Waals surface area contributed by atoms with Gasteiger partial charge in [-0.2, -0.15) is 0 Å². The van der Waals surface area contributed by atoms with Gasteiger partial charge in [-0.3, -0.25) is 9.59 Å². The number of carbonyl (C=O) groups excluding carboxylic acids is 1. The van der Waals surface area contributed by atoms with Crippen LogP contribution in [0.1, 0.15) is 43.7 Å². The van der Waals surface area contributed by atoms with E-state index >= 15 is 0 Å². The van der Waals surface area contributed by atoms with Crippen molar-refractivity contribution in [1.82, 2.24) is 4.57 Å². The summed E-state index contributed by atoms with van der Waals surface area (Å²) < 4.78 is 1.77. The number of carbonyl (C=O) groups is 1. The molecule has 0 amide bonds. The number of hydrogen-bond donors (Lipinski definition) is 0. The Morgan fingerprint density at radius 2 is 2.06 bits per heavy atom. The van der Waals surface area contributed by atoms with E-state index in [9.17, 15) is 9.59 Å². The molecule has 0 aromatic carbocycles. The molecule has 0 aliphatic heterocycles. The van der Waals surface area contributed by atoms with Crippen LogP contribution in [0.5, 0.6) is 0 Å². The van der Waals surface area contributed by atoms with E-state index in [-0.39, 0.29) is 12.0 Å². The lowest BCUT2D eigenvalue weighted by atomic mass is 9.95. The first-order valence-electron chi connectivity index (χ1n) is 6.07. The van der Waals surface area contributed by atoms with Crippen molar-refractivity contribution >= 4 is 16.8 Å². The van der Waals surface area contributed by atoms with Crippen molar-refractivity contribution in [2.24, 2.45) is 0 Å². The Morgan fingerprint density at radius 1 is 1.35 bits per heavy atom. The predicted octanol–water partition coefficient (Wildman–Crippen LogP) is 2.66. The number of rotatable bonds is 3. The molecule has 2 rings (SSSR count). The molecule has 0 atom stereocenters. The fourth-order valence-corrected chi connectivity index (χ4v) is 2.63. The number of aromatic nitrogens is 1. The van der Waals surface area contributed by atoms with E-state index in [1.807, 2.05) is 12.3 Å². The molecule has 0 bridgehead atoms. The first-order chi connectivity index (χ1) is 8.18. The summed E-state index contributed by atoms with van der Waals surface area (Å²) in [7, 11) is 0. The molecular weight excluding hydrogens is 238 g/mol. The van der Waals surface area contributed by atoms with Gasteiger partial charge < -0.3 is 4.57 Å². The van der Waals surface area contributed by atoms with E-state index < -0.39 is 5.24 Å². The quantitative estimate of drug-likeness (QED) is 0.777. The van der Waals surface area contributed by atoms with E-state index in [0.29, 0.717) is 11.6 Å². The summed E-state index contributed by atoms with van der Waals surface area (Å²) >= 11 is 5.34. The molecule has 1 aromatic rings. The van der Waals surface area contributed by atoms with Crippen LogP contribution in [0.3, 0.4) is 0 Å². The van der Waals surface area contributed by atoms with Crippen LogP contribution >= 0.6 is 11.6 Å². The summed E-state index contributed by atoms with van der Waals surface area (Å²) in [5, 5.41) is -0.483. The third-order valence-electron chi connectivity index (χ3n) is 3.35. The second kappa shape index (κ2) is 5.50. The molecule has 17 heavy (non-hydrogen) atoms. The van der Waals surface area contributed by atoms with E-state index in [4.69, 9.17) is 11.6 Å². The average Bonchev–Trinajstić information content (AvgIpc) is 2.32. The maximum absolute atomic E-state index is 12.2. The van der Waals surface area contributed by atoms with Gasteiger partial charge in [0.15, 0.2) is 0 Å². The molecule has 1 aliphatic carbocycles. The van der Waals surface area contributed by atoms with Gasteiger partial charge in [0, 0.05) is 17.8 Å². The lowest BCUT2D eigenvalue weighted by Gasteiger charge is -2.24. The van der Waals surface area contributed by atoms with Crippen molar-refractivity contribution in [2.45, 2.75) is 44.6 Å². The van der Waals surface area contributed by atoms with Crippen LogP contribution in [0.2, 0.25) is 0 Å². The predicted molar refractivity (Wildman–Crippen MR) is 67.4 cm³/mol. The van der Waals surface area contributed by atoms with Crippen LogP contribution in [-0.2, 0) is 11.2 Å². The second-order valence-corrected chi connectivity index (χ2v) is 4.99. The van der Waals surface area contributed by atoms with Crippen molar-refractivity contribution < 1.29 is 4.79 Å². The minimum absolute atomic E-state index is 0.0218. The van der Waals surface area contributed by atoms with Crippen molar-refractivity contribution in [1.29, 1.82) is 0 Å². The summed E-state index contributed by atoms with van der Waals surface area (Å²) in [5.74, 6) is 0. The zero-order valence-corrected chi connectivity index (χ0v) is 10.4. The first-order valence-corrected chi connectivity index (χ1v) is 6.44. The third kappa shape index (κ3) is 2.97. The smallest absolute Gasteiger partial charge is 0.254 e. The average molecular weight is 254 g/mol. The number of nitrogens with zero attached hydrogens (tertiary/aromatic N) is 1. The highest BCUT2D eigenvalue weighted by atomic mass is 35.5. The zero-order chi connectivity index (χ0) is 12.3. The topological polar surface area (TPSA) is 39.1 Å². The Bertz CT molecular complexity index is 461. The van der Waals surface area contributed by atoms with Gasteiger partial charge in [-0.05, 0) is 30.5 Å². The Balaban J connectivity index is 2.28. The van der Waals surface area contributed by atoms with Gasteiger partial charge in [0.25, 0.3) is 5.56 Å². The molecule has 1 fully saturated rings. The molecule has 1 aliphatic rings. The maximum Gasteiger partial charge on any atom is 0.254 e. The van der Waals surface area contributed by atoms with Crippen LogP contribution in [0, 0.1) is 0 Å². The van der Waals surface area contributed by atoms with Crippen LogP contribution in [0.15, 0.2) is 23.1 Å². The van der Waals surface area contributed by atoms with Gasteiger partial charge in [-0.25, -0.2) is 0 Å². The number of hydrogen-bond acceptors (Lipinski definition) is 2.